The second-order valence-corrected chi connectivity index (χ2v) is 10.0. The quantitative estimate of drug-likeness (QED) is 0.0905. The van der Waals surface area contributed by atoms with Crippen molar-refractivity contribution in [2.75, 3.05) is 13.2 Å². The van der Waals surface area contributed by atoms with Gasteiger partial charge < -0.3 is 9.47 Å². The Labute approximate surface area is 243 Å². The monoisotopic (exact) mass is 544 g/mol. The van der Waals surface area contributed by atoms with Gasteiger partial charge in [-0.3, -0.25) is 9.59 Å². The zero-order chi connectivity index (χ0) is 28.9. The number of carbonyl (C=O) groups is 2. The van der Waals surface area contributed by atoms with E-state index in [2.05, 4.69) is 0 Å². The Morgan fingerprint density at radius 2 is 0.976 bits per heavy atom. The molecule has 0 atom stereocenters. The average molecular weight is 545 g/mol. The number of benzene rings is 4. The second kappa shape index (κ2) is 15.2. The van der Waals surface area contributed by atoms with Crippen LogP contribution in [0, 0.1) is 13.8 Å². The molecular weight excluding hydrogens is 508 g/mol. The Morgan fingerprint density at radius 1 is 0.561 bits per heavy atom. The molecule has 208 valence electrons. The van der Waals surface area contributed by atoms with Gasteiger partial charge in [-0.1, -0.05) is 96.1 Å². The largest absolute Gasteiger partial charge is 0.494 e. The molecule has 0 amide bonds. The molecule has 0 bridgehead atoms. The van der Waals surface area contributed by atoms with Gasteiger partial charge in [-0.2, -0.15) is 0 Å². The summed E-state index contributed by atoms with van der Waals surface area (Å²) in [6, 6.07) is 30.7. The summed E-state index contributed by atoms with van der Waals surface area (Å²) in [7, 11) is 0. The highest BCUT2D eigenvalue weighted by molar-refractivity contribution is 6.07. The molecule has 0 aliphatic carbocycles. The van der Waals surface area contributed by atoms with E-state index in [9.17, 15) is 9.59 Å². The molecule has 0 unspecified atom stereocenters. The van der Waals surface area contributed by atoms with E-state index in [-0.39, 0.29) is 11.6 Å². The van der Waals surface area contributed by atoms with Crippen LogP contribution in [0.2, 0.25) is 0 Å². The normalized spacial score (nSPS) is 11.2. The van der Waals surface area contributed by atoms with Crippen LogP contribution in [-0.4, -0.2) is 24.8 Å². The molecule has 0 aromatic heterocycles. The lowest BCUT2D eigenvalue weighted by Gasteiger charge is -2.08. The summed E-state index contributed by atoms with van der Waals surface area (Å²) in [5.74, 6) is 1.54. The van der Waals surface area contributed by atoms with E-state index < -0.39 is 0 Å². The fraction of sp³-hybridized carbons (Fsp3) is 0.189. The Kier molecular flexibility index (Phi) is 10.8. The molecule has 41 heavy (non-hydrogen) atoms. The van der Waals surface area contributed by atoms with E-state index in [1.54, 1.807) is 12.2 Å². The first kappa shape index (κ1) is 29.3. The van der Waals surface area contributed by atoms with Crippen LogP contribution in [0.1, 0.15) is 62.2 Å². The van der Waals surface area contributed by atoms with E-state index in [0.29, 0.717) is 24.3 Å². The van der Waals surface area contributed by atoms with E-state index >= 15 is 0 Å². The van der Waals surface area contributed by atoms with Crippen molar-refractivity contribution in [3.8, 4) is 11.5 Å². The van der Waals surface area contributed by atoms with Crippen LogP contribution in [-0.2, 0) is 0 Å². The molecule has 0 radical (unpaired) electrons. The second-order valence-electron chi connectivity index (χ2n) is 10.0. The summed E-state index contributed by atoms with van der Waals surface area (Å²) in [5.41, 5.74) is 5.47. The van der Waals surface area contributed by atoms with Crippen LogP contribution in [0.25, 0.3) is 12.2 Å². The lowest BCUT2D eigenvalue weighted by molar-refractivity contribution is 0.103. The van der Waals surface area contributed by atoms with Crippen LogP contribution < -0.4 is 9.47 Å². The number of rotatable bonds is 14. The van der Waals surface area contributed by atoms with Gasteiger partial charge in [0.25, 0.3) is 0 Å². The maximum Gasteiger partial charge on any atom is 0.185 e. The van der Waals surface area contributed by atoms with Crippen molar-refractivity contribution in [2.24, 2.45) is 0 Å². The molecule has 0 aliphatic rings. The lowest BCUT2D eigenvalue weighted by atomic mass is 10.1. The summed E-state index contributed by atoms with van der Waals surface area (Å²) in [4.78, 5) is 24.8. The predicted molar refractivity (Wildman–Crippen MR) is 167 cm³/mol. The zero-order valence-corrected chi connectivity index (χ0v) is 23.7. The minimum Gasteiger partial charge on any atom is -0.494 e. The molecule has 0 saturated carbocycles. The van der Waals surface area contributed by atoms with Gasteiger partial charge in [-0.15, -0.1) is 0 Å². The number of ketones is 2. The van der Waals surface area contributed by atoms with Gasteiger partial charge in [-0.25, -0.2) is 0 Å². The first-order chi connectivity index (χ1) is 20.0. The van der Waals surface area contributed by atoms with Crippen LogP contribution in [0.15, 0.2) is 109 Å². The number of aryl methyl sites for hydroxylation is 2. The topological polar surface area (TPSA) is 52.6 Å². The van der Waals surface area contributed by atoms with Gasteiger partial charge in [0, 0.05) is 11.1 Å². The fourth-order valence-electron chi connectivity index (χ4n) is 4.15. The Balaban J connectivity index is 1.14. The van der Waals surface area contributed by atoms with Gasteiger partial charge in [0.2, 0.25) is 0 Å². The summed E-state index contributed by atoms with van der Waals surface area (Å²) in [6.07, 6.45) is 9.65. The summed E-state index contributed by atoms with van der Waals surface area (Å²) in [6.45, 7) is 5.24. The number of unbranched alkanes of at least 4 members (excludes halogenated alkanes) is 2. The number of hydrogen-bond acceptors (Lipinski definition) is 4. The summed E-state index contributed by atoms with van der Waals surface area (Å²) >= 11 is 0. The molecule has 0 N–H and O–H groups in total. The first-order valence-electron chi connectivity index (χ1n) is 14.0. The minimum atomic E-state index is -0.0186. The van der Waals surface area contributed by atoms with Crippen molar-refractivity contribution in [3.05, 3.63) is 143 Å². The van der Waals surface area contributed by atoms with E-state index in [0.717, 1.165) is 53.0 Å². The molecule has 0 aliphatic heterocycles. The summed E-state index contributed by atoms with van der Waals surface area (Å²) < 4.78 is 11.8. The molecule has 0 saturated heterocycles. The summed E-state index contributed by atoms with van der Waals surface area (Å²) in [5, 5.41) is 0. The Hall–Kier alpha value is -4.70. The van der Waals surface area contributed by atoms with Crippen molar-refractivity contribution in [3.63, 3.8) is 0 Å². The van der Waals surface area contributed by atoms with E-state index in [1.807, 2.05) is 123 Å². The van der Waals surface area contributed by atoms with Gasteiger partial charge in [0.05, 0.1) is 13.2 Å². The highest BCUT2D eigenvalue weighted by atomic mass is 16.5. The molecule has 4 aromatic rings. The van der Waals surface area contributed by atoms with Gasteiger partial charge in [-0.05, 0) is 80.7 Å². The first-order valence-corrected chi connectivity index (χ1v) is 14.0. The van der Waals surface area contributed by atoms with E-state index in [4.69, 9.17) is 9.47 Å². The molecule has 0 heterocycles. The predicted octanol–water partition coefficient (Wildman–Crippen LogP) is 8.72. The van der Waals surface area contributed by atoms with Crippen molar-refractivity contribution in [2.45, 2.75) is 33.1 Å². The van der Waals surface area contributed by atoms with Crippen molar-refractivity contribution in [1.29, 1.82) is 0 Å². The third kappa shape index (κ3) is 9.77. The van der Waals surface area contributed by atoms with Gasteiger partial charge in [0.15, 0.2) is 11.6 Å². The van der Waals surface area contributed by atoms with E-state index in [1.165, 1.54) is 0 Å². The number of allylic oxidation sites excluding steroid dienone is 2. The third-order valence-electron chi connectivity index (χ3n) is 6.57. The Morgan fingerprint density at radius 3 is 1.39 bits per heavy atom. The highest BCUT2D eigenvalue weighted by Gasteiger charge is 2.03. The van der Waals surface area contributed by atoms with Crippen LogP contribution >= 0.6 is 0 Å². The van der Waals surface area contributed by atoms with Crippen molar-refractivity contribution in [1.82, 2.24) is 0 Å². The highest BCUT2D eigenvalue weighted by Crippen LogP contribution is 2.18. The van der Waals surface area contributed by atoms with Crippen LogP contribution in [0.4, 0.5) is 0 Å². The smallest absolute Gasteiger partial charge is 0.185 e. The molecule has 0 spiro atoms. The SMILES string of the molecule is Cc1ccc(C(=O)/C=C/c2cccc(OCCCCCOc3cccc(/C=C/C(=O)c4ccc(C)cc4)c3)c2)cc1. The van der Waals surface area contributed by atoms with Crippen LogP contribution in [0.5, 0.6) is 11.5 Å². The average Bonchev–Trinajstić information content (AvgIpc) is 2.99. The van der Waals surface area contributed by atoms with Gasteiger partial charge >= 0.3 is 0 Å². The molecular formula is C37H36O4. The number of hydrogen-bond donors (Lipinski definition) is 0. The van der Waals surface area contributed by atoms with Crippen molar-refractivity contribution >= 4 is 23.7 Å². The molecule has 4 heteroatoms. The molecule has 4 rings (SSSR count). The third-order valence-corrected chi connectivity index (χ3v) is 6.57. The number of ether oxygens (including phenoxy) is 2. The molecule has 0 fully saturated rings. The standard InChI is InChI=1S/C37H36O4/c1-28-12-18-32(19-13-28)36(38)22-16-30-8-6-10-34(26-30)40-24-4-3-5-25-41-35-11-7-9-31(27-35)17-23-37(39)33-20-14-29(2)15-21-33/h6-23,26-27H,3-5,24-25H2,1-2H3/b22-16+,23-17+. The van der Waals surface area contributed by atoms with Gasteiger partial charge in [0.1, 0.15) is 11.5 Å². The minimum absolute atomic E-state index is 0.0186. The maximum absolute atomic E-state index is 12.4. The molecule has 4 aromatic carbocycles. The molecule has 4 nitrogen and oxygen atoms in total. The Bertz CT molecular complexity index is 1380. The number of carbonyl (C=O) groups excluding carboxylic acids is 2. The maximum atomic E-state index is 12.4. The zero-order valence-electron chi connectivity index (χ0n) is 23.7. The van der Waals surface area contributed by atoms with Crippen molar-refractivity contribution < 1.29 is 19.1 Å². The van der Waals surface area contributed by atoms with Crippen LogP contribution in [0.3, 0.4) is 0 Å². The fourth-order valence-corrected chi connectivity index (χ4v) is 4.15. The lowest BCUT2D eigenvalue weighted by Crippen LogP contribution is -2.01.